The lowest BCUT2D eigenvalue weighted by Crippen LogP contribution is -2.54. The number of carboxylic acid groups (broad SMARTS) is 1. The molecule has 6 nitrogen and oxygen atoms in total. The van der Waals surface area contributed by atoms with Crippen LogP contribution in [-0.4, -0.2) is 21.5 Å². The number of carbonyl (C=O) groups is 1. The average molecular weight is 280 g/mol. The van der Waals surface area contributed by atoms with Gasteiger partial charge in [-0.3, -0.25) is 14.9 Å². The van der Waals surface area contributed by atoms with Crippen LogP contribution in [0.3, 0.4) is 0 Å². The number of hydrogen-bond donors (Lipinski definition) is 2. The van der Waals surface area contributed by atoms with Gasteiger partial charge in [-0.2, -0.15) is 0 Å². The SMILES string of the molecule is CC(C)(NCc1cccc([N+](=O)[O-])c1)C(C)(C)C(=O)O. The summed E-state index contributed by atoms with van der Waals surface area (Å²) in [5.74, 6) is -0.894. The van der Waals surface area contributed by atoms with Crippen LogP contribution < -0.4 is 5.32 Å². The molecule has 0 fully saturated rings. The van der Waals surface area contributed by atoms with Gasteiger partial charge in [0.1, 0.15) is 0 Å². The molecule has 0 saturated heterocycles. The van der Waals surface area contributed by atoms with Crippen LogP contribution >= 0.6 is 0 Å². The van der Waals surface area contributed by atoms with E-state index in [9.17, 15) is 20.0 Å². The van der Waals surface area contributed by atoms with Crippen LogP contribution in [0.5, 0.6) is 0 Å². The summed E-state index contributed by atoms with van der Waals surface area (Å²) in [5.41, 5.74) is -0.856. The molecule has 1 aromatic carbocycles. The van der Waals surface area contributed by atoms with Gasteiger partial charge in [0.05, 0.1) is 10.3 Å². The highest BCUT2D eigenvalue weighted by Crippen LogP contribution is 2.31. The first-order chi connectivity index (χ1) is 9.08. The topological polar surface area (TPSA) is 92.5 Å². The Kier molecular flexibility index (Phi) is 4.50. The average Bonchev–Trinajstić information content (AvgIpc) is 2.36. The van der Waals surface area contributed by atoms with E-state index < -0.39 is 21.8 Å². The zero-order chi connectivity index (χ0) is 15.6. The Bertz CT molecular complexity index is 524. The Morgan fingerprint density at radius 2 is 1.95 bits per heavy atom. The highest BCUT2D eigenvalue weighted by molar-refractivity contribution is 5.75. The Morgan fingerprint density at radius 1 is 1.35 bits per heavy atom. The number of nitrogens with zero attached hydrogens (tertiary/aromatic N) is 1. The quantitative estimate of drug-likeness (QED) is 0.617. The highest BCUT2D eigenvalue weighted by atomic mass is 16.6. The first-order valence-corrected chi connectivity index (χ1v) is 6.29. The van der Waals surface area contributed by atoms with E-state index in [0.29, 0.717) is 6.54 Å². The molecular formula is C14H20N2O4. The Balaban J connectivity index is 2.83. The summed E-state index contributed by atoms with van der Waals surface area (Å²) in [7, 11) is 0. The van der Waals surface area contributed by atoms with Crippen LogP contribution in [0.25, 0.3) is 0 Å². The monoisotopic (exact) mass is 280 g/mol. The van der Waals surface area contributed by atoms with Gasteiger partial charge in [0.2, 0.25) is 0 Å². The van der Waals surface area contributed by atoms with Gasteiger partial charge in [0.25, 0.3) is 5.69 Å². The van der Waals surface area contributed by atoms with E-state index in [1.54, 1.807) is 39.8 Å². The van der Waals surface area contributed by atoms with Gasteiger partial charge in [0, 0.05) is 24.2 Å². The van der Waals surface area contributed by atoms with Crippen molar-refractivity contribution in [3.05, 3.63) is 39.9 Å². The summed E-state index contributed by atoms with van der Waals surface area (Å²) in [6.45, 7) is 7.27. The van der Waals surface area contributed by atoms with Crippen molar-refractivity contribution < 1.29 is 14.8 Å². The zero-order valence-electron chi connectivity index (χ0n) is 12.1. The van der Waals surface area contributed by atoms with Gasteiger partial charge >= 0.3 is 5.97 Å². The molecule has 0 saturated carbocycles. The molecule has 110 valence electrons. The fraction of sp³-hybridized carbons (Fsp3) is 0.500. The molecule has 2 N–H and O–H groups in total. The maximum Gasteiger partial charge on any atom is 0.310 e. The van der Waals surface area contributed by atoms with Crippen molar-refractivity contribution in [2.24, 2.45) is 5.41 Å². The number of nitro benzene ring substituents is 1. The molecule has 1 rings (SSSR count). The first-order valence-electron chi connectivity index (χ1n) is 6.29. The Hall–Kier alpha value is -1.95. The number of rotatable bonds is 6. The predicted octanol–water partition coefficient (Wildman–Crippen LogP) is 2.57. The molecule has 0 spiro atoms. The molecule has 1 aromatic rings. The van der Waals surface area contributed by atoms with E-state index in [0.717, 1.165) is 5.56 Å². The smallest absolute Gasteiger partial charge is 0.310 e. The standard InChI is InChI=1S/C14H20N2O4/c1-13(2,12(17)18)14(3,4)15-9-10-6-5-7-11(8-10)16(19)20/h5-8,15H,9H2,1-4H3,(H,17,18). The summed E-state index contributed by atoms with van der Waals surface area (Å²) in [5, 5.41) is 23.1. The molecule has 0 unspecified atom stereocenters. The Morgan fingerprint density at radius 3 is 2.45 bits per heavy atom. The summed E-state index contributed by atoms with van der Waals surface area (Å²) in [4.78, 5) is 21.6. The second kappa shape index (κ2) is 5.58. The summed E-state index contributed by atoms with van der Waals surface area (Å²) < 4.78 is 0. The summed E-state index contributed by atoms with van der Waals surface area (Å²) in [6, 6.07) is 6.29. The van der Waals surface area contributed by atoms with E-state index in [2.05, 4.69) is 5.32 Å². The van der Waals surface area contributed by atoms with Crippen LogP contribution in [0.4, 0.5) is 5.69 Å². The Labute approximate surface area is 118 Å². The largest absolute Gasteiger partial charge is 0.481 e. The third-order valence-electron chi connectivity index (χ3n) is 3.95. The minimum Gasteiger partial charge on any atom is -0.481 e. The molecule has 0 aliphatic carbocycles. The molecule has 0 radical (unpaired) electrons. The minimum atomic E-state index is -0.965. The van der Waals surface area contributed by atoms with Crippen molar-refractivity contribution in [1.29, 1.82) is 0 Å². The third-order valence-corrected chi connectivity index (χ3v) is 3.95. The van der Waals surface area contributed by atoms with Gasteiger partial charge in [-0.1, -0.05) is 12.1 Å². The molecule has 0 atom stereocenters. The number of carboxylic acids is 1. The number of hydrogen-bond acceptors (Lipinski definition) is 4. The molecule has 0 aliphatic rings. The van der Waals surface area contributed by atoms with Crippen LogP contribution in [0.2, 0.25) is 0 Å². The summed E-state index contributed by atoms with van der Waals surface area (Å²) >= 11 is 0. The fourth-order valence-corrected chi connectivity index (χ4v) is 1.59. The summed E-state index contributed by atoms with van der Waals surface area (Å²) in [6.07, 6.45) is 0. The normalized spacial score (nSPS) is 12.2. The van der Waals surface area contributed by atoms with E-state index in [-0.39, 0.29) is 5.69 Å². The minimum absolute atomic E-state index is 0.0274. The van der Waals surface area contributed by atoms with Crippen molar-refractivity contribution in [1.82, 2.24) is 5.32 Å². The van der Waals surface area contributed by atoms with Crippen molar-refractivity contribution in [3.63, 3.8) is 0 Å². The number of benzene rings is 1. The van der Waals surface area contributed by atoms with E-state index in [1.807, 2.05) is 0 Å². The van der Waals surface area contributed by atoms with Crippen LogP contribution in [0, 0.1) is 15.5 Å². The van der Waals surface area contributed by atoms with Crippen molar-refractivity contribution >= 4 is 11.7 Å². The second-order valence-corrected chi connectivity index (χ2v) is 5.84. The van der Waals surface area contributed by atoms with Crippen molar-refractivity contribution in [3.8, 4) is 0 Å². The molecular weight excluding hydrogens is 260 g/mol. The maximum absolute atomic E-state index is 11.3. The number of non-ortho nitro benzene ring substituents is 1. The molecule has 20 heavy (non-hydrogen) atoms. The molecule has 0 heterocycles. The highest BCUT2D eigenvalue weighted by Gasteiger charge is 2.42. The van der Waals surface area contributed by atoms with E-state index in [4.69, 9.17) is 0 Å². The van der Waals surface area contributed by atoms with Gasteiger partial charge in [-0.25, -0.2) is 0 Å². The van der Waals surface area contributed by atoms with Gasteiger partial charge in [-0.15, -0.1) is 0 Å². The van der Waals surface area contributed by atoms with Gasteiger partial charge in [0.15, 0.2) is 0 Å². The number of nitrogens with one attached hydrogen (secondary N) is 1. The second-order valence-electron chi connectivity index (χ2n) is 5.84. The van der Waals surface area contributed by atoms with Gasteiger partial charge < -0.3 is 10.4 Å². The third kappa shape index (κ3) is 3.33. The maximum atomic E-state index is 11.3. The van der Waals surface area contributed by atoms with Crippen molar-refractivity contribution in [2.75, 3.05) is 0 Å². The predicted molar refractivity (Wildman–Crippen MR) is 75.4 cm³/mol. The molecule has 6 heteroatoms. The first kappa shape index (κ1) is 16.1. The van der Waals surface area contributed by atoms with E-state index >= 15 is 0 Å². The zero-order valence-corrected chi connectivity index (χ0v) is 12.1. The lowest BCUT2D eigenvalue weighted by molar-refractivity contribution is -0.384. The van der Waals surface area contributed by atoms with Gasteiger partial charge in [-0.05, 0) is 33.3 Å². The lowest BCUT2D eigenvalue weighted by Gasteiger charge is -2.39. The van der Waals surface area contributed by atoms with Crippen LogP contribution in [-0.2, 0) is 11.3 Å². The van der Waals surface area contributed by atoms with Crippen LogP contribution in [0.15, 0.2) is 24.3 Å². The lowest BCUT2D eigenvalue weighted by atomic mass is 9.74. The van der Waals surface area contributed by atoms with E-state index in [1.165, 1.54) is 12.1 Å². The van der Waals surface area contributed by atoms with Crippen molar-refractivity contribution in [2.45, 2.75) is 39.8 Å². The molecule has 0 aromatic heterocycles. The molecule has 0 amide bonds. The molecule has 0 aliphatic heterocycles. The fourth-order valence-electron chi connectivity index (χ4n) is 1.59. The number of nitro groups is 1. The number of aliphatic carboxylic acids is 1. The molecule has 0 bridgehead atoms. The van der Waals surface area contributed by atoms with Crippen LogP contribution in [0.1, 0.15) is 33.3 Å².